The summed E-state index contributed by atoms with van der Waals surface area (Å²) in [5.74, 6) is 1.36. The fraction of sp³-hybridized carbons (Fsp3) is 0. The van der Waals surface area contributed by atoms with E-state index in [0.29, 0.717) is 5.95 Å². The van der Waals surface area contributed by atoms with Gasteiger partial charge >= 0.3 is 0 Å². The van der Waals surface area contributed by atoms with Crippen molar-refractivity contribution < 1.29 is 0 Å². The minimum Gasteiger partial charge on any atom is -0.309 e. The molecule has 94 heavy (non-hydrogen) atoms. The van der Waals surface area contributed by atoms with Crippen molar-refractivity contribution in [2.24, 2.45) is 0 Å². The van der Waals surface area contributed by atoms with Gasteiger partial charge in [0.05, 0.1) is 44.5 Å². The van der Waals surface area contributed by atoms with Crippen molar-refractivity contribution in [1.82, 2.24) is 23.7 Å². The summed E-state index contributed by atoms with van der Waals surface area (Å²) >= 11 is 5.57. The first-order valence-corrected chi connectivity index (χ1v) is 34.3. The van der Waals surface area contributed by atoms with Gasteiger partial charge < -0.3 is 4.57 Å². The molecule has 0 unspecified atom stereocenters. The Morgan fingerprint density at radius 3 is 1.01 bits per heavy atom. The van der Waals surface area contributed by atoms with Crippen LogP contribution in [0.5, 0.6) is 0 Å². The first-order chi connectivity index (χ1) is 46.6. The second-order valence-corrected chi connectivity index (χ2v) is 28.0. The van der Waals surface area contributed by atoms with E-state index in [1.807, 2.05) is 34.0 Å². The molecule has 436 valence electrons. The highest BCUT2D eigenvalue weighted by Crippen LogP contribution is 2.45. The van der Waals surface area contributed by atoms with Crippen molar-refractivity contribution >= 4 is 171 Å². The number of thiophene rings is 3. The zero-order valence-corrected chi connectivity index (χ0v) is 52.7. The van der Waals surface area contributed by atoms with E-state index in [1.165, 1.54) is 93.5 Å². The van der Waals surface area contributed by atoms with Crippen molar-refractivity contribution in [2.75, 3.05) is 0 Å². The Labute approximate surface area is 549 Å². The van der Waals surface area contributed by atoms with Crippen molar-refractivity contribution in [3.63, 3.8) is 0 Å². The summed E-state index contributed by atoms with van der Waals surface area (Å²) < 4.78 is 14.9. The topological polar surface area (TPSA) is 40.6 Å². The number of hydrogen-bond acceptors (Lipinski definition) is 5. The minimum absolute atomic E-state index is 0.588. The molecule has 7 heterocycles. The molecule has 14 aromatic carbocycles. The molecule has 0 fully saturated rings. The first-order valence-electron chi connectivity index (χ1n) is 31.8. The fourth-order valence-electron chi connectivity index (χ4n) is 15.4. The molecule has 0 radical (unpaired) electrons. The fourth-order valence-corrected chi connectivity index (χ4v) is 18.8. The van der Waals surface area contributed by atoms with Gasteiger partial charge in [0.2, 0.25) is 5.95 Å². The number of benzene rings is 14. The zero-order chi connectivity index (χ0) is 61.3. The zero-order valence-electron chi connectivity index (χ0n) is 50.3. The predicted octanol–water partition coefficient (Wildman–Crippen LogP) is 24.7. The summed E-state index contributed by atoms with van der Waals surface area (Å²) in [6.07, 6.45) is 0. The maximum Gasteiger partial charge on any atom is 0.237 e. The van der Waals surface area contributed by atoms with Gasteiger partial charge in [-0.3, -0.25) is 9.13 Å². The number of aromatic nitrogens is 5. The quantitative estimate of drug-likeness (QED) is 0.160. The lowest BCUT2D eigenvalue weighted by molar-refractivity contribution is 0.952. The molecule has 0 aliphatic heterocycles. The van der Waals surface area contributed by atoms with E-state index in [-0.39, 0.29) is 0 Å². The van der Waals surface area contributed by atoms with Crippen LogP contribution in [-0.2, 0) is 0 Å². The monoisotopic (exact) mass is 1250 g/mol. The SMILES string of the molecule is c1ccc2c(c1)sc1cc(-c3ccc4c5ccccc5n(-c5cc(-c6ccc(-n7c8ccccc8c8ccc(-c9ccc%10c(c9)sc9ccccc9%10)cc87)c7ccccc67)nc(-n6c7ccccc7c7ccc(-c8ccc9c(c8)sc8ccccc89)cc76)n5)c4c3)ccc12. The average molecular weight is 1250 g/mol. The molecular formula is C86H49N5S3. The number of rotatable bonds is 7. The third kappa shape index (κ3) is 7.73. The Balaban J connectivity index is 0.796. The van der Waals surface area contributed by atoms with Gasteiger partial charge in [0.15, 0.2) is 0 Å². The Morgan fingerprint density at radius 1 is 0.213 bits per heavy atom. The molecule has 5 nitrogen and oxygen atoms in total. The van der Waals surface area contributed by atoms with E-state index in [1.54, 1.807) is 0 Å². The molecule has 0 aliphatic rings. The number of fused-ring (bicyclic) bond motifs is 19. The highest BCUT2D eigenvalue weighted by molar-refractivity contribution is 7.26. The van der Waals surface area contributed by atoms with E-state index < -0.39 is 0 Å². The largest absolute Gasteiger partial charge is 0.309 e. The van der Waals surface area contributed by atoms with E-state index in [4.69, 9.17) is 9.97 Å². The van der Waals surface area contributed by atoms with Gasteiger partial charge in [-0.05, 0) is 118 Å². The average Bonchev–Trinajstić information content (AvgIpc) is 1.62. The van der Waals surface area contributed by atoms with Crippen LogP contribution >= 0.6 is 34.0 Å². The Kier molecular flexibility index (Phi) is 11.1. The van der Waals surface area contributed by atoms with Crippen LogP contribution in [0.3, 0.4) is 0 Å². The van der Waals surface area contributed by atoms with Gasteiger partial charge in [-0.2, -0.15) is 4.98 Å². The predicted molar refractivity (Wildman–Crippen MR) is 403 cm³/mol. The highest BCUT2D eigenvalue weighted by atomic mass is 32.1. The van der Waals surface area contributed by atoms with Crippen LogP contribution in [0.25, 0.3) is 199 Å². The molecule has 0 amide bonds. The molecule has 21 aromatic rings. The lowest BCUT2D eigenvalue weighted by atomic mass is 9.99. The minimum atomic E-state index is 0.588. The van der Waals surface area contributed by atoms with Crippen LogP contribution in [0.2, 0.25) is 0 Å². The van der Waals surface area contributed by atoms with Crippen molar-refractivity contribution in [3.8, 4) is 62.1 Å². The molecule has 0 spiro atoms. The summed E-state index contributed by atoms with van der Waals surface area (Å²) in [5.41, 5.74) is 16.5. The number of nitrogens with zero attached hydrogens (tertiary/aromatic N) is 5. The number of para-hydroxylation sites is 3. The van der Waals surface area contributed by atoms with Crippen molar-refractivity contribution in [1.29, 1.82) is 0 Å². The van der Waals surface area contributed by atoms with Crippen molar-refractivity contribution in [2.45, 2.75) is 0 Å². The van der Waals surface area contributed by atoms with Crippen LogP contribution in [0.15, 0.2) is 297 Å². The third-order valence-corrected chi connectivity index (χ3v) is 23.1. The van der Waals surface area contributed by atoms with Crippen LogP contribution in [0, 0.1) is 0 Å². The van der Waals surface area contributed by atoms with Gasteiger partial charge in [0.25, 0.3) is 0 Å². The van der Waals surface area contributed by atoms with Crippen molar-refractivity contribution in [3.05, 3.63) is 297 Å². The van der Waals surface area contributed by atoms with E-state index >= 15 is 0 Å². The third-order valence-electron chi connectivity index (χ3n) is 19.7. The Hall–Kier alpha value is -11.5. The van der Waals surface area contributed by atoms with Crippen LogP contribution in [0.1, 0.15) is 0 Å². The van der Waals surface area contributed by atoms with Crippen LogP contribution in [0.4, 0.5) is 0 Å². The first kappa shape index (κ1) is 52.1. The van der Waals surface area contributed by atoms with E-state index in [0.717, 1.165) is 99.3 Å². The van der Waals surface area contributed by atoms with Gasteiger partial charge in [0, 0.05) is 110 Å². The molecule has 0 bridgehead atoms. The molecule has 8 heteroatoms. The standard InChI is InChI=1S/C86H49N5S3/c1-2-16-58-56(15-1)57(41-42-75(58)89-72-23-9-3-17-59(72)62-35-29-50(43-76(62)89)53-32-38-68-65-20-6-12-26-79(65)92-82(68)46-53)71-49-85(90-73-24-10-4-18-60(73)63-36-30-51(44-77(63)90)54-33-39-69-66-21-7-13-27-80(66)93-83(69)47-54)88-86(87-71)91-74-25-11-5-19-61(74)64-37-31-52(45-78(64)91)55-34-40-70-67-22-8-14-28-81(67)94-84(70)48-55/h1-49H. The Morgan fingerprint density at radius 2 is 0.543 bits per heavy atom. The summed E-state index contributed by atoms with van der Waals surface area (Å²) in [7, 11) is 0. The second-order valence-electron chi connectivity index (χ2n) is 24.8. The normalized spacial score (nSPS) is 12.3. The molecule has 0 aliphatic carbocycles. The lowest BCUT2D eigenvalue weighted by Gasteiger charge is -2.17. The van der Waals surface area contributed by atoms with E-state index in [9.17, 15) is 0 Å². The summed E-state index contributed by atoms with van der Waals surface area (Å²) in [6.45, 7) is 0. The molecule has 21 rings (SSSR count). The Bertz CT molecular complexity index is 6580. The molecule has 0 N–H and O–H groups in total. The number of hydrogen-bond donors (Lipinski definition) is 0. The molecule has 0 saturated carbocycles. The lowest BCUT2D eigenvalue weighted by Crippen LogP contribution is -2.07. The smallest absolute Gasteiger partial charge is 0.237 e. The van der Waals surface area contributed by atoms with Crippen LogP contribution < -0.4 is 0 Å². The molecule has 7 aromatic heterocycles. The molecular weight excluding hydrogens is 1200 g/mol. The van der Waals surface area contributed by atoms with Gasteiger partial charge in [-0.15, -0.1) is 34.0 Å². The maximum absolute atomic E-state index is 5.86. The van der Waals surface area contributed by atoms with Gasteiger partial charge in [0.1, 0.15) is 5.82 Å². The summed E-state index contributed by atoms with van der Waals surface area (Å²) in [6, 6.07) is 110. The summed E-state index contributed by atoms with van der Waals surface area (Å²) in [5, 5.41) is 17.0. The second kappa shape index (κ2) is 20.0. The highest BCUT2D eigenvalue weighted by Gasteiger charge is 2.24. The molecule has 0 atom stereocenters. The summed E-state index contributed by atoms with van der Waals surface area (Å²) in [4.78, 5) is 11.7. The van der Waals surface area contributed by atoms with Gasteiger partial charge in [-0.1, -0.05) is 212 Å². The van der Waals surface area contributed by atoms with Crippen LogP contribution in [-0.4, -0.2) is 23.7 Å². The van der Waals surface area contributed by atoms with E-state index in [2.05, 4.69) is 311 Å². The maximum atomic E-state index is 5.86. The molecule has 0 saturated heterocycles. The van der Waals surface area contributed by atoms with Gasteiger partial charge in [-0.25, -0.2) is 4.98 Å².